The third-order valence-electron chi connectivity index (χ3n) is 3.01. The van der Waals surface area contributed by atoms with Crippen LogP contribution in [0, 0.1) is 6.92 Å². The second kappa shape index (κ2) is 5.45. The van der Waals surface area contributed by atoms with E-state index in [1.54, 1.807) is 6.92 Å². The third kappa shape index (κ3) is 3.27. The smallest absolute Gasteiger partial charge is 0.322 e. The Morgan fingerprint density at radius 2 is 2.33 bits per heavy atom. The lowest BCUT2D eigenvalue weighted by atomic mass is 10.1. The highest BCUT2D eigenvalue weighted by Crippen LogP contribution is 2.08. The summed E-state index contributed by atoms with van der Waals surface area (Å²) in [7, 11) is 0. The van der Waals surface area contributed by atoms with E-state index in [-0.39, 0.29) is 11.9 Å². The maximum atomic E-state index is 11.8. The number of rotatable bonds is 3. The first kappa shape index (κ1) is 13.0. The van der Waals surface area contributed by atoms with Gasteiger partial charge in [-0.3, -0.25) is 15.0 Å². The molecule has 2 atom stereocenters. The average molecular weight is 253 g/mol. The number of piperazine rings is 1. The van der Waals surface area contributed by atoms with Crippen LogP contribution in [0.4, 0.5) is 6.01 Å². The molecule has 1 aliphatic rings. The van der Waals surface area contributed by atoms with Crippen LogP contribution in [0.2, 0.25) is 0 Å². The summed E-state index contributed by atoms with van der Waals surface area (Å²) in [5.41, 5.74) is 0. The van der Waals surface area contributed by atoms with E-state index >= 15 is 0 Å². The van der Waals surface area contributed by atoms with E-state index in [1.165, 1.54) is 0 Å². The molecule has 2 N–H and O–H groups in total. The van der Waals surface area contributed by atoms with Crippen LogP contribution in [0.1, 0.15) is 19.7 Å². The first-order valence-corrected chi connectivity index (χ1v) is 6.12. The van der Waals surface area contributed by atoms with Crippen molar-refractivity contribution in [1.82, 2.24) is 20.4 Å². The molecule has 1 aromatic heterocycles. The fraction of sp³-hybridized carbons (Fsp3) is 0.727. The van der Waals surface area contributed by atoms with Crippen molar-refractivity contribution in [3.05, 3.63) is 5.89 Å². The van der Waals surface area contributed by atoms with Gasteiger partial charge in [-0.2, -0.15) is 0 Å². The third-order valence-corrected chi connectivity index (χ3v) is 3.01. The summed E-state index contributed by atoms with van der Waals surface area (Å²) in [6.45, 7) is 7.99. The van der Waals surface area contributed by atoms with Crippen LogP contribution in [-0.4, -0.2) is 52.7 Å². The second-order valence-electron chi connectivity index (χ2n) is 4.76. The summed E-state index contributed by atoms with van der Waals surface area (Å²) in [5.74, 6) is 0.314. The van der Waals surface area contributed by atoms with Gasteiger partial charge in [0.1, 0.15) is 0 Å². The number of anilines is 1. The lowest BCUT2D eigenvalue weighted by Gasteiger charge is -2.36. The molecule has 1 fully saturated rings. The van der Waals surface area contributed by atoms with Crippen molar-refractivity contribution in [2.75, 3.05) is 25.0 Å². The monoisotopic (exact) mass is 253 g/mol. The highest BCUT2D eigenvalue weighted by molar-refractivity contribution is 5.90. The highest BCUT2D eigenvalue weighted by atomic mass is 16.4. The van der Waals surface area contributed by atoms with E-state index < -0.39 is 0 Å². The predicted molar refractivity (Wildman–Crippen MR) is 66.2 cm³/mol. The molecular formula is C11H19N5O2. The fourth-order valence-electron chi connectivity index (χ4n) is 2.01. The van der Waals surface area contributed by atoms with Gasteiger partial charge in [0.15, 0.2) is 0 Å². The van der Waals surface area contributed by atoms with Crippen molar-refractivity contribution in [3.8, 4) is 0 Å². The number of hydrogen-bond donors (Lipinski definition) is 2. The molecular weight excluding hydrogens is 234 g/mol. The number of amides is 1. The van der Waals surface area contributed by atoms with Gasteiger partial charge in [0.05, 0.1) is 6.54 Å². The van der Waals surface area contributed by atoms with Gasteiger partial charge in [-0.05, 0) is 13.8 Å². The number of carbonyl (C=O) groups is 1. The van der Waals surface area contributed by atoms with Crippen LogP contribution in [0.15, 0.2) is 4.42 Å². The summed E-state index contributed by atoms with van der Waals surface area (Å²) < 4.78 is 5.11. The summed E-state index contributed by atoms with van der Waals surface area (Å²) in [6.07, 6.45) is 0. The molecule has 0 aliphatic carbocycles. The first-order valence-electron chi connectivity index (χ1n) is 6.12. The van der Waals surface area contributed by atoms with E-state index in [2.05, 4.69) is 39.6 Å². The number of aromatic nitrogens is 2. The van der Waals surface area contributed by atoms with Gasteiger partial charge >= 0.3 is 6.01 Å². The summed E-state index contributed by atoms with van der Waals surface area (Å²) in [4.78, 5) is 14.0. The van der Waals surface area contributed by atoms with E-state index in [4.69, 9.17) is 4.42 Å². The molecule has 0 radical (unpaired) electrons. The molecule has 1 amide bonds. The molecule has 1 saturated heterocycles. The van der Waals surface area contributed by atoms with Crippen molar-refractivity contribution in [3.63, 3.8) is 0 Å². The Morgan fingerprint density at radius 1 is 1.56 bits per heavy atom. The Hall–Kier alpha value is -1.47. The Morgan fingerprint density at radius 3 is 3.00 bits per heavy atom. The molecule has 0 aromatic carbocycles. The van der Waals surface area contributed by atoms with Crippen molar-refractivity contribution in [2.24, 2.45) is 0 Å². The fourth-order valence-corrected chi connectivity index (χ4v) is 2.01. The minimum Gasteiger partial charge on any atom is -0.408 e. The van der Waals surface area contributed by atoms with Crippen molar-refractivity contribution >= 4 is 11.9 Å². The van der Waals surface area contributed by atoms with Crippen LogP contribution >= 0.6 is 0 Å². The Bertz CT molecular complexity index is 419. The summed E-state index contributed by atoms with van der Waals surface area (Å²) >= 11 is 0. The van der Waals surface area contributed by atoms with E-state index in [0.717, 1.165) is 13.1 Å². The van der Waals surface area contributed by atoms with E-state index in [1.807, 2.05) is 0 Å². The predicted octanol–water partition coefficient (Wildman–Crippen LogP) is -0.00128. The summed E-state index contributed by atoms with van der Waals surface area (Å²) in [6, 6.07) is 0.907. The van der Waals surface area contributed by atoms with E-state index in [0.29, 0.717) is 24.5 Å². The lowest BCUT2D eigenvalue weighted by molar-refractivity contribution is -0.118. The summed E-state index contributed by atoms with van der Waals surface area (Å²) in [5, 5.41) is 13.4. The number of nitrogens with one attached hydrogen (secondary N) is 2. The molecule has 0 saturated carbocycles. The minimum absolute atomic E-state index is 0.125. The molecule has 1 aliphatic heterocycles. The van der Waals surface area contributed by atoms with Crippen LogP contribution in [0.25, 0.3) is 0 Å². The number of aryl methyl sites for hydroxylation is 1. The van der Waals surface area contributed by atoms with Gasteiger partial charge < -0.3 is 9.73 Å². The zero-order chi connectivity index (χ0) is 13.1. The molecule has 0 bridgehead atoms. The topological polar surface area (TPSA) is 83.3 Å². The van der Waals surface area contributed by atoms with Gasteiger partial charge in [-0.1, -0.05) is 5.10 Å². The zero-order valence-electron chi connectivity index (χ0n) is 10.9. The van der Waals surface area contributed by atoms with Crippen LogP contribution < -0.4 is 10.6 Å². The molecule has 2 rings (SSSR count). The molecule has 7 heteroatoms. The normalized spacial score (nSPS) is 25.1. The first-order chi connectivity index (χ1) is 8.54. The Kier molecular flexibility index (Phi) is 3.93. The van der Waals surface area contributed by atoms with Crippen LogP contribution in [0.3, 0.4) is 0 Å². The van der Waals surface area contributed by atoms with Crippen molar-refractivity contribution in [2.45, 2.75) is 32.9 Å². The standard InChI is InChI=1S/C11H19N5O2/c1-7-5-16(8(2)4-12-7)6-10(17)13-11-15-14-9(3)18-11/h7-8,12H,4-6H2,1-3H3,(H,13,15,17). The van der Waals surface area contributed by atoms with Gasteiger partial charge in [0, 0.05) is 32.1 Å². The second-order valence-corrected chi connectivity index (χ2v) is 4.76. The quantitative estimate of drug-likeness (QED) is 0.789. The SMILES string of the molecule is Cc1nnc(NC(=O)CN2CC(C)NCC2C)o1. The largest absolute Gasteiger partial charge is 0.408 e. The Balaban J connectivity index is 1.86. The number of carbonyl (C=O) groups excluding carboxylic acids is 1. The zero-order valence-corrected chi connectivity index (χ0v) is 10.9. The van der Waals surface area contributed by atoms with Gasteiger partial charge in [-0.15, -0.1) is 5.10 Å². The van der Waals surface area contributed by atoms with Gasteiger partial charge in [-0.25, -0.2) is 0 Å². The number of hydrogen-bond acceptors (Lipinski definition) is 6. The highest BCUT2D eigenvalue weighted by Gasteiger charge is 2.24. The Labute approximate surface area is 106 Å². The van der Waals surface area contributed by atoms with Crippen molar-refractivity contribution < 1.29 is 9.21 Å². The minimum atomic E-state index is -0.125. The maximum absolute atomic E-state index is 11.8. The molecule has 1 aromatic rings. The lowest BCUT2D eigenvalue weighted by Crippen LogP contribution is -2.55. The number of nitrogens with zero attached hydrogens (tertiary/aromatic N) is 3. The molecule has 0 spiro atoms. The molecule has 2 unspecified atom stereocenters. The molecule has 18 heavy (non-hydrogen) atoms. The molecule has 2 heterocycles. The van der Waals surface area contributed by atoms with E-state index in [9.17, 15) is 4.79 Å². The van der Waals surface area contributed by atoms with Crippen LogP contribution in [0.5, 0.6) is 0 Å². The average Bonchev–Trinajstić information content (AvgIpc) is 2.69. The molecule has 7 nitrogen and oxygen atoms in total. The van der Waals surface area contributed by atoms with Gasteiger partial charge in [0.25, 0.3) is 0 Å². The van der Waals surface area contributed by atoms with Crippen molar-refractivity contribution in [1.29, 1.82) is 0 Å². The van der Waals surface area contributed by atoms with Gasteiger partial charge in [0.2, 0.25) is 11.8 Å². The molecule has 100 valence electrons. The maximum Gasteiger partial charge on any atom is 0.322 e. The van der Waals surface area contributed by atoms with Crippen LogP contribution in [-0.2, 0) is 4.79 Å².